The molecule has 5 rings (SSSR count). The number of rotatable bonds is 8. The first kappa shape index (κ1) is 28.2. The fourth-order valence-electron chi connectivity index (χ4n) is 5.32. The predicted octanol–water partition coefficient (Wildman–Crippen LogP) is 1.87. The average molecular weight is 563 g/mol. The molecular formula is C28H30N6O7. The lowest BCUT2D eigenvalue weighted by Gasteiger charge is -2.29. The summed E-state index contributed by atoms with van der Waals surface area (Å²) >= 11 is 0. The average Bonchev–Trinajstić information content (AvgIpc) is 3.62. The van der Waals surface area contributed by atoms with Crippen LogP contribution in [0.15, 0.2) is 24.0 Å². The van der Waals surface area contributed by atoms with Crippen molar-refractivity contribution in [3.8, 4) is 11.8 Å². The van der Waals surface area contributed by atoms with Crippen molar-refractivity contribution < 1.29 is 33.3 Å². The van der Waals surface area contributed by atoms with Crippen LogP contribution in [0.5, 0.6) is 5.75 Å². The number of likely N-dealkylation sites (tertiary alicyclic amines) is 1. The number of nitrogens with one attached hydrogen (secondary N) is 1. The zero-order valence-corrected chi connectivity index (χ0v) is 22.8. The lowest BCUT2D eigenvalue weighted by atomic mass is 10.0. The quantitative estimate of drug-likeness (QED) is 0.370. The summed E-state index contributed by atoms with van der Waals surface area (Å²) in [7, 11) is 3.11. The summed E-state index contributed by atoms with van der Waals surface area (Å²) < 4.78 is 22.1. The lowest BCUT2D eigenvalue weighted by Crippen LogP contribution is -2.40. The van der Waals surface area contributed by atoms with Crippen LogP contribution >= 0.6 is 0 Å². The molecular weight excluding hydrogens is 532 g/mol. The van der Waals surface area contributed by atoms with Gasteiger partial charge in [0.05, 0.1) is 19.4 Å². The van der Waals surface area contributed by atoms with E-state index in [2.05, 4.69) is 15.3 Å². The molecule has 2 fully saturated rings. The van der Waals surface area contributed by atoms with Gasteiger partial charge in [-0.15, -0.1) is 0 Å². The minimum absolute atomic E-state index is 0.186. The van der Waals surface area contributed by atoms with Gasteiger partial charge in [-0.05, 0) is 30.9 Å². The highest BCUT2D eigenvalue weighted by Crippen LogP contribution is 2.31. The van der Waals surface area contributed by atoms with E-state index in [0.717, 1.165) is 5.56 Å². The Morgan fingerprint density at radius 3 is 2.80 bits per heavy atom. The molecule has 0 saturated carbocycles. The molecule has 5 heterocycles. The number of nitrogens with zero attached hydrogens (tertiary/aromatic N) is 5. The van der Waals surface area contributed by atoms with Crippen molar-refractivity contribution in [1.82, 2.24) is 14.9 Å². The number of carbonyl (C=O) groups excluding carboxylic acids is 3. The smallest absolute Gasteiger partial charge is 0.328 e. The summed E-state index contributed by atoms with van der Waals surface area (Å²) in [6, 6.07) is 4.92. The molecule has 1 N–H and O–H groups in total. The first-order chi connectivity index (χ1) is 20.0. The number of pyridine rings is 2. The van der Waals surface area contributed by atoms with Crippen molar-refractivity contribution in [1.29, 1.82) is 5.26 Å². The van der Waals surface area contributed by atoms with Gasteiger partial charge in [-0.3, -0.25) is 15.0 Å². The van der Waals surface area contributed by atoms with Gasteiger partial charge in [0.2, 0.25) is 0 Å². The Kier molecular flexibility index (Phi) is 8.56. The number of urea groups is 1. The molecule has 0 bridgehead atoms. The standard InChI is InChI=1S/C28H30N6O7/c1-38-22-5-7-33(21(22)14-36)12-18-8-17-4-3-6-34(27(17)31-20(18)13-35)28(37)32-26-9-23(19(10-29)11-30-26)41-25-16-40-15-24(25)39-2/h8-9,11,13,22,24-25H,3-7,12,15-16H2,1-2H3,(H,30,32,37)/t22-,24+,25+/m1/s1. The number of aromatic nitrogens is 2. The van der Waals surface area contributed by atoms with Crippen molar-refractivity contribution in [3.63, 3.8) is 0 Å². The monoisotopic (exact) mass is 562 g/mol. The number of amides is 2. The number of hydrogen-bond donors (Lipinski definition) is 1. The van der Waals surface area contributed by atoms with Crippen LogP contribution in [0.25, 0.3) is 0 Å². The van der Waals surface area contributed by atoms with E-state index in [4.69, 9.17) is 18.9 Å². The number of fused-ring (bicyclic) bond motifs is 1. The third-order valence-corrected chi connectivity index (χ3v) is 7.47. The third kappa shape index (κ3) is 5.77. The number of methoxy groups -OCH3 is 2. The molecule has 0 spiro atoms. The Balaban J connectivity index is 1.35. The highest BCUT2D eigenvalue weighted by atomic mass is 16.6. The van der Waals surface area contributed by atoms with E-state index in [1.165, 1.54) is 17.2 Å². The second kappa shape index (κ2) is 12.4. The molecule has 2 aromatic rings. The number of nitriles is 1. The number of hydrogen-bond acceptors (Lipinski definition) is 11. The Morgan fingerprint density at radius 1 is 1.24 bits per heavy atom. The molecule has 3 atom stereocenters. The van der Waals surface area contributed by atoms with E-state index in [-0.39, 0.29) is 35.0 Å². The summed E-state index contributed by atoms with van der Waals surface area (Å²) in [4.78, 5) is 49.0. The van der Waals surface area contributed by atoms with E-state index in [0.29, 0.717) is 75.5 Å². The number of ether oxygens (including phenoxy) is 4. The van der Waals surface area contributed by atoms with Crippen LogP contribution in [0.2, 0.25) is 0 Å². The number of aryl methyl sites for hydroxylation is 1. The van der Waals surface area contributed by atoms with Crippen molar-refractivity contribution in [2.24, 2.45) is 0 Å². The lowest BCUT2D eigenvalue weighted by molar-refractivity contribution is 0.0325. The van der Waals surface area contributed by atoms with Gasteiger partial charge in [0.15, 0.2) is 12.4 Å². The summed E-state index contributed by atoms with van der Waals surface area (Å²) in [5, 5.41) is 12.3. The summed E-state index contributed by atoms with van der Waals surface area (Å²) in [6.45, 7) is 1.97. The van der Waals surface area contributed by atoms with Crippen molar-refractivity contribution in [2.75, 3.05) is 50.7 Å². The topological polar surface area (TPSA) is 156 Å². The molecule has 2 saturated heterocycles. The summed E-state index contributed by atoms with van der Waals surface area (Å²) in [6.07, 6.45) is 2.97. The second-order valence-corrected chi connectivity index (χ2v) is 9.89. The molecule has 0 unspecified atom stereocenters. The first-order valence-corrected chi connectivity index (χ1v) is 13.3. The fourth-order valence-corrected chi connectivity index (χ4v) is 5.32. The van der Waals surface area contributed by atoms with E-state index in [1.807, 2.05) is 23.0 Å². The minimum Gasteiger partial charge on any atom is -0.484 e. The third-order valence-electron chi connectivity index (χ3n) is 7.47. The van der Waals surface area contributed by atoms with Gasteiger partial charge in [0.25, 0.3) is 0 Å². The molecule has 41 heavy (non-hydrogen) atoms. The van der Waals surface area contributed by atoms with Crippen LogP contribution in [0.1, 0.15) is 40.0 Å². The minimum atomic E-state index is -0.487. The molecule has 0 aliphatic carbocycles. The molecule has 0 radical (unpaired) electrons. The van der Waals surface area contributed by atoms with Crippen LogP contribution < -0.4 is 15.0 Å². The van der Waals surface area contributed by atoms with Crippen LogP contribution in [-0.2, 0) is 32.0 Å². The molecule has 3 aliphatic heterocycles. The SMILES string of the molecule is CO[C@H]1COC[C@@H]1Oc1cc(NC(=O)N2CCCc3cc(CN4CC[C@@H](OC)C4=C=O)c(C=O)nc32)ncc1C#N. The second-order valence-electron chi connectivity index (χ2n) is 9.89. The normalized spacial score (nSPS) is 21.7. The zero-order valence-electron chi connectivity index (χ0n) is 22.8. The maximum Gasteiger partial charge on any atom is 0.328 e. The summed E-state index contributed by atoms with van der Waals surface area (Å²) in [5.41, 5.74) is 2.29. The predicted molar refractivity (Wildman–Crippen MR) is 144 cm³/mol. The Bertz CT molecular complexity index is 1420. The van der Waals surface area contributed by atoms with Crippen molar-refractivity contribution >= 4 is 29.9 Å². The van der Waals surface area contributed by atoms with E-state index < -0.39 is 12.1 Å². The van der Waals surface area contributed by atoms with E-state index in [9.17, 15) is 19.6 Å². The molecule has 3 aliphatic rings. The largest absolute Gasteiger partial charge is 0.484 e. The van der Waals surface area contributed by atoms with Crippen molar-refractivity contribution in [3.05, 3.63) is 46.4 Å². The van der Waals surface area contributed by atoms with Gasteiger partial charge in [0.1, 0.15) is 58.6 Å². The Morgan fingerprint density at radius 2 is 2.07 bits per heavy atom. The van der Waals surface area contributed by atoms with Crippen LogP contribution in [-0.4, -0.2) is 92.0 Å². The van der Waals surface area contributed by atoms with Gasteiger partial charge in [-0.1, -0.05) is 0 Å². The highest BCUT2D eigenvalue weighted by Gasteiger charge is 2.33. The maximum absolute atomic E-state index is 13.4. The molecule has 13 heteroatoms. The number of aldehydes is 1. The molecule has 13 nitrogen and oxygen atoms in total. The summed E-state index contributed by atoms with van der Waals surface area (Å²) in [5.74, 6) is 2.79. The van der Waals surface area contributed by atoms with Crippen LogP contribution in [0.4, 0.5) is 16.4 Å². The van der Waals surface area contributed by atoms with Crippen LogP contribution in [0.3, 0.4) is 0 Å². The van der Waals surface area contributed by atoms with Crippen molar-refractivity contribution in [2.45, 2.75) is 44.1 Å². The fraction of sp³-hybridized carbons (Fsp3) is 0.464. The van der Waals surface area contributed by atoms with Gasteiger partial charge in [-0.2, -0.15) is 5.26 Å². The first-order valence-electron chi connectivity index (χ1n) is 13.3. The number of carbonyl (C=O) groups is 2. The van der Waals surface area contributed by atoms with Crippen LogP contribution in [0, 0.1) is 11.3 Å². The maximum atomic E-state index is 13.4. The molecule has 2 amide bonds. The molecule has 2 aromatic heterocycles. The van der Waals surface area contributed by atoms with E-state index in [1.54, 1.807) is 14.2 Å². The molecule has 214 valence electrons. The van der Waals surface area contributed by atoms with Gasteiger partial charge >= 0.3 is 6.03 Å². The highest BCUT2D eigenvalue weighted by molar-refractivity contribution is 6.01. The van der Waals surface area contributed by atoms with Gasteiger partial charge < -0.3 is 23.8 Å². The van der Waals surface area contributed by atoms with Gasteiger partial charge in [0, 0.05) is 45.5 Å². The number of anilines is 2. The van der Waals surface area contributed by atoms with E-state index >= 15 is 0 Å². The zero-order chi connectivity index (χ0) is 28.9. The van der Waals surface area contributed by atoms with Gasteiger partial charge in [-0.25, -0.2) is 19.6 Å². The Labute approximate surface area is 236 Å². The Hall–Kier alpha value is -4.34. The molecule has 0 aromatic carbocycles.